The molecule has 1 heterocycles. The molecule has 2 rings (SSSR count). The van der Waals surface area contributed by atoms with Crippen LogP contribution in [-0.4, -0.2) is 37.6 Å². The molecule has 1 saturated heterocycles. The zero-order valence-corrected chi connectivity index (χ0v) is 13.0. The summed E-state index contributed by atoms with van der Waals surface area (Å²) in [4.78, 5) is 4.99. The fraction of sp³-hybridized carbons (Fsp3) is 0.600. The van der Waals surface area contributed by atoms with E-state index in [0.29, 0.717) is 6.04 Å². The average molecular weight is 311 g/mol. The molecule has 0 aliphatic carbocycles. The number of hydrogen-bond acceptors (Lipinski definition) is 2. The summed E-state index contributed by atoms with van der Waals surface area (Å²) in [7, 11) is 2.23. The lowest BCUT2D eigenvalue weighted by Crippen LogP contribution is -2.43. The number of nitrogens with zero attached hydrogens (tertiary/aromatic N) is 2. The molecule has 1 aromatic rings. The van der Waals surface area contributed by atoms with Gasteiger partial charge in [-0.1, -0.05) is 35.0 Å². The van der Waals surface area contributed by atoms with E-state index in [9.17, 15) is 0 Å². The highest BCUT2D eigenvalue weighted by molar-refractivity contribution is 9.08. The molecule has 0 saturated carbocycles. The van der Waals surface area contributed by atoms with Crippen LogP contribution in [0.4, 0.5) is 5.69 Å². The number of hydrogen-bond donors (Lipinski definition) is 0. The number of halogens is 1. The first kappa shape index (κ1) is 13.9. The zero-order valence-electron chi connectivity index (χ0n) is 11.4. The Kier molecular flexibility index (Phi) is 5.07. The molecule has 0 N–H and O–H groups in total. The Morgan fingerprint density at radius 2 is 1.83 bits per heavy atom. The van der Waals surface area contributed by atoms with E-state index in [1.165, 1.54) is 43.7 Å². The van der Waals surface area contributed by atoms with Gasteiger partial charge in [-0.15, -0.1) is 0 Å². The van der Waals surface area contributed by atoms with Crippen molar-refractivity contribution in [1.82, 2.24) is 4.90 Å². The maximum absolute atomic E-state index is 3.49. The number of piperidine rings is 1. The van der Waals surface area contributed by atoms with E-state index in [1.54, 1.807) is 0 Å². The van der Waals surface area contributed by atoms with Crippen LogP contribution in [0, 0.1) is 0 Å². The second kappa shape index (κ2) is 6.58. The third kappa shape index (κ3) is 3.27. The van der Waals surface area contributed by atoms with E-state index < -0.39 is 0 Å². The van der Waals surface area contributed by atoms with Crippen molar-refractivity contribution in [1.29, 1.82) is 0 Å². The van der Waals surface area contributed by atoms with Crippen LogP contribution in [0.3, 0.4) is 0 Å². The van der Waals surface area contributed by atoms with Crippen molar-refractivity contribution in [3.8, 4) is 0 Å². The smallest absolute Gasteiger partial charge is 0.0366 e. The van der Waals surface area contributed by atoms with E-state index in [2.05, 4.69) is 64.0 Å². The van der Waals surface area contributed by atoms with Crippen molar-refractivity contribution in [3.63, 3.8) is 0 Å². The third-order valence-electron chi connectivity index (χ3n) is 4.05. The molecular formula is C15H23BrN2. The zero-order chi connectivity index (χ0) is 13.0. The fourth-order valence-electron chi connectivity index (χ4n) is 2.65. The normalized spacial score (nSPS) is 17.9. The Hall–Kier alpha value is -0.540. The maximum atomic E-state index is 3.49. The molecule has 0 spiro atoms. The summed E-state index contributed by atoms with van der Waals surface area (Å²) in [6, 6.07) is 9.59. The van der Waals surface area contributed by atoms with Gasteiger partial charge in [0, 0.05) is 37.2 Å². The lowest BCUT2D eigenvalue weighted by molar-refractivity contribution is 0.221. The Bertz CT molecular complexity index is 355. The van der Waals surface area contributed by atoms with Crippen molar-refractivity contribution < 1.29 is 0 Å². The van der Waals surface area contributed by atoms with Crippen molar-refractivity contribution in [2.24, 2.45) is 0 Å². The molecule has 18 heavy (non-hydrogen) atoms. The molecule has 3 heteroatoms. The first-order valence-corrected chi connectivity index (χ1v) is 7.96. The molecule has 2 nitrogen and oxygen atoms in total. The van der Waals surface area contributed by atoms with Crippen LogP contribution in [0.15, 0.2) is 24.3 Å². The van der Waals surface area contributed by atoms with Gasteiger partial charge in [-0.05, 0) is 37.1 Å². The predicted octanol–water partition coefficient (Wildman–Crippen LogP) is 3.50. The highest BCUT2D eigenvalue weighted by Crippen LogP contribution is 2.22. The van der Waals surface area contributed by atoms with Crippen LogP contribution in [0.25, 0.3) is 0 Å². The number of likely N-dealkylation sites (tertiary alicyclic amines) is 1. The van der Waals surface area contributed by atoms with Crippen molar-refractivity contribution >= 4 is 21.6 Å². The molecule has 100 valence electrons. The van der Waals surface area contributed by atoms with E-state index in [-0.39, 0.29) is 0 Å². The Balaban J connectivity index is 1.96. The van der Waals surface area contributed by atoms with E-state index in [4.69, 9.17) is 0 Å². The van der Waals surface area contributed by atoms with Gasteiger partial charge < -0.3 is 9.80 Å². The second-order valence-electron chi connectivity index (χ2n) is 5.08. The highest BCUT2D eigenvalue weighted by Gasteiger charge is 2.21. The summed E-state index contributed by atoms with van der Waals surface area (Å²) in [5.41, 5.74) is 2.68. The largest absolute Gasteiger partial charge is 0.372 e. The highest BCUT2D eigenvalue weighted by atomic mass is 79.9. The molecule has 0 amide bonds. The standard InChI is InChI=1S/C15H23BrN2/c1-3-18-10-8-15(9-11-18)17(2)14-6-4-13(12-16)5-7-14/h4-7,15H,3,8-12H2,1-2H3. The van der Waals surface area contributed by atoms with Gasteiger partial charge in [0.25, 0.3) is 0 Å². The minimum atomic E-state index is 0.697. The molecule has 1 aliphatic heterocycles. The Morgan fingerprint density at radius 3 is 2.33 bits per heavy atom. The third-order valence-corrected chi connectivity index (χ3v) is 4.70. The van der Waals surface area contributed by atoms with Crippen LogP contribution >= 0.6 is 15.9 Å². The van der Waals surface area contributed by atoms with Crippen LogP contribution in [0.2, 0.25) is 0 Å². The molecule has 1 fully saturated rings. The first-order chi connectivity index (χ1) is 8.74. The molecular weight excluding hydrogens is 288 g/mol. The lowest BCUT2D eigenvalue weighted by atomic mass is 10.0. The predicted molar refractivity (Wildman–Crippen MR) is 82.6 cm³/mol. The molecule has 0 bridgehead atoms. The fourth-order valence-corrected chi connectivity index (χ4v) is 3.03. The van der Waals surface area contributed by atoms with Crippen LogP contribution in [-0.2, 0) is 5.33 Å². The lowest BCUT2D eigenvalue weighted by Gasteiger charge is -2.37. The summed E-state index contributed by atoms with van der Waals surface area (Å²) in [6.07, 6.45) is 2.56. The van der Waals surface area contributed by atoms with E-state index >= 15 is 0 Å². The summed E-state index contributed by atoms with van der Waals surface area (Å²) in [5, 5.41) is 0.936. The van der Waals surface area contributed by atoms with Crippen LogP contribution in [0.1, 0.15) is 25.3 Å². The minimum Gasteiger partial charge on any atom is -0.372 e. The SMILES string of the molecule is CCN1CCC(N(C)c2ccc(CBr)cc2)CC1. The quantitative estimate of drug-likeness (QED) is 0.785. The van der Waals surface area contributed by atoms with Gasteiger partial charge in [-0.25, -0.2) is 0 Å². The summed E-state index contributed by atoms with van der Waals surface area (Å²) >= 11 is 3.49. The number of rotatable bonds is 4. The van der Waals surface area contributed by atoms with Gasteiger partial charge in [-0.3, -0.25) is 0 Å². The molecule has 1 aliphatic rings. The van der Waals surface area contributed by atoms with Gasteiger partial charge in [0.1, 0.15) is 0 Å². The number of anilines is 1. The van der Waals surface area contributed by atoms with E-state index in [1.807, 2.05) is 0 Å². The summed E-state index contributed by atoms with van der Waals surface area (Å²) < 4.78 is 0. The van der Waals surface area contributed by atoms with Crippen molar-refractivity contribution in [2.45, 2.75) is 31.1 Å². The van der Waals surface area contributed by atoms with Crippen LogP contribution < -0.4 is 4.90 Å². The monoisotopic (exact) mass is 310 g/mol. The molecule has 1 aromatic carbocycles. The van der Waals surface area contributed by atoms with E-state index in [0.717, 1.165) is 5.33 Å². The van der Waals surface area contributed by atoms with Gasteiger partial charge >= 0.3 is 0 Å². The minimum absolute atomic E-state index is 0.697. The van der Waals surface area contributed by atoms with Crippen LogP contribution in [0.5, 0.6) is 0 Å². The first-order valence-electron chi connectivity index (χ1n) is 6.84. The molecule has 0 atom stereocenters. The van der Waals surface area contributed by atoms with Crippen molar-refractivity contribution in [3.05, 3.63) is 29.8 Å². The number of benzene rings is 1. The van der Waals surface area contributed by atoms with Gasteiger partial charge in [0.15, 0.2) is 0 Å². The number of alkyl halides is 1. The van der Waals surface area contributed by atoms with Crippen molar-refractivity contribution in [2.75, 3.05) is 31.6 Å². The summed E-state index contributed by atoms with van der Waals surface area (Å²) in [6.45, 7) is 5.93. The maximum Gasteiger partial charge on any atom is 0.0366 e. The second-order valence-corrected chi connectivity index (χ2v) is 5.64. The van der Waals surface area contributed by atoms with Gasteiger partial charge in [-0.2, -0.15) is 0 Å². The van der Waals surface area contributed by atoms with Gasteiger partial charge in [0.05, 0.1) is 0 Å². The Labute approximate surface area is 119 Å². The molecule has 0 unspecified atom stereocenters. The average Bonchev–Trinajstić information content (AvgIpc) is 2.47. The molecule has 0 radical (unpaired) electrons. The Morgan fingerprint density at radius 1 is 1.22 bits per heavy atom. The topological polar surface area (TPSA) is 6.48 Å². The summed E-state index contributed by atoms with van der Waals surface area (Å²) in [5.74, 6) is 0. The molecule has 0 aromatic heterocycles. The van der Waals surface area contributed by atoms with Gasteiger partial charge in [0.2, 0.25) is 0 Å².